The molecule has 1 aromatic rings. The molecule has 0 saturated carbocycles. The van der Waals surface area contributed by atoms with Gasteiger partial charge >= 0.3 is 0 Å². The SMILES string of the molecule is CN/C=C1\Cc2ccccc2C1=O. The van der Waals surface area contributed by atoms with Crippen LogP contribution in [0, 0.1) is 0 Å². The first kappa shape index (κ1) is 8.05. The highest BCUT2D eigenvalue weighted by Gasteiger charge is 2.23. The number of fused-ring (bicyclic) bond motifs is 1. The predicted octanol–water partition coefficient (Wildman–Crippen LogP) is 1.53. The van der Waals surface area contributed by atoms with Crippen molar-refractivity contribution in [2.24, 2.45) is 0 Å². The van der Waals surface area contributed by atoms with Crippen molar-refractivity contribution in [3.8, 4) is 0 Å². The Hall–Kier alpha value is -1.57. The summed E-state index contributed by atoms with van der Waals surface area (Å²) in [6.45, 7) is 0. The van der Waals surface area contributed by atoms with E-state index in [1.165, 1.54) is 0 Å². The quantitative estimate of drug-likeness (QED) is 0.652. The Kier molecular flexibility index (Phi) is 1.89. The first-order valence-electron chi connectivity index (χ1n) is 4.32. The Balaban J connectivity index is 2.44. The van der Waals surface area contributed by atoms with E-state index >= 15 is 0 Å². The lowest BCUT2D eigenvalue weighted by Crippen LogP contribution is -2.01. The van der Waals surface area contributed by atoms with Crippen LogP contribution in [0.3, 0.4) is 0 Å². The van der Waals surface area contributed by atoms with Crippen molar-refractivity contribution in [3.63, 3.8) is 0 Å². The lowest BCUT2D eigenvalue weighted by atomic mass is 10.1. The summed E-state index contributed by atoms with van der Waals surface area (Å²) in [5.74, 6) is 0.157. The largest absolute Gasteiger partial charge is 0.394 e. The van der Waals surface area contributed by atoms with Crippen molar-refractivity contribution >= 4 is 5.78 Å². The standard InChI is InChI=1S/C11H11NO/c1-12-7-9-6-8-4-2-3-5-10(8)11(9)13/h2-5,7,12H,6H2,1H3/b9-7+. The van der Waals surface area contributed by atoms with E-state index in [2.05, 4.69) is 5.32 Å². The lowest BCUT2D eigenvalue weighted by Gasteiger charge is -1.92. The zero-order chi connectivity index (χ0) is 9.26. The molecule has 2 rings (SSSR count). The van der Waals surface area contributed by atoms with Gasteiger partial charge in [0.2, 0.25) is 0 Å². The van der Waals surface area contributed by atoms with Gasteiger partial charge in [0.15, 0.2) is 5.78 Å². The van der Waals surface area contributed by atoms with Crippen LogP contribution in [0.4, 0.5) is 0 Å². The normalized spacial score (nSPS) is 17.6. The summed E-state index contributed by atoms with van der Waals surface area (Å²) in [7, 11) is 1.81. The van der Waals surface area contributed by atoms with Gasteiger partial charge in [0.05, 0.1) is 0 Å². The molecule has 0 spiro atoms. The number of rotatable bonds is 1. The minimum absolute atomic E-state index is 0.157. The van der Waals surface area contributed by atoms with Crippen LogP contribution < -0.4 is 5.32 Å². The number of carbonyl (C=O) groups excluding carboxylic acids is 1. The molecule has 66 valence electrons. The number of hydrogen-bond donors (Lipinski definition) is 1. The highest BCUT2D eigenvalue weighted by atomic mass is 16.1. The van der Waals surface area contributed by atoms with Crippen molar-refractivity contribution in [3.05, 3.63) is 47.2 Å². The summed E-state index contributed by atoms with van der Waals surface area (Å²) in [5.41, 5.74) is 2.83. The van der Waals surface area contributed by atoms with Gasteiger partial charge in [-0.1, -0.05) is 24.3 Å². The second-order valence-electron chi connectivity index (χ2n) is 3.12. The van der Waals surface area contributed by atoms with E-state index in [9.17, 15) is 4.79 Å². The summed E-state index contributed by atoms with van der Waals surface area (Å²) in [6.07, 6.45) is 2.54. The van der Waals surface area contributed by atoms with Crippen LogP contribution in [-0.4, -0.2) is 12.8 Å². The molecule has 0 unspecified atom stereocenters. The minimum atomic E-state index is 0.157. The van der Waals surface area contributed by atoms with Crippen molar-refractivity contribution < 1.29 is 4.79 Å². The van der Waals surface area contributed by atoms with E-state index in [4.69, 9.17) is 0 Å². The summed E-state index contributed by atoms with van der Waals surface area (Å²) in [6, 6.07) is 7.76. The smallest absolute Gasteiger partial charge is 0.191 e. The van der Waals surface area contributed by atoms with Crippen LogP contribution in [0.15, 0.2) is 36.0 Å². The number of ketones is 1. The third kappa shape index (κ3) is 1.24. The first-order chi connectivity index (χ1) is 6.33. The molecule has 0 radical (unpaired) electrons. The molecule has 0 aromatic heterocycles. The fraction of sp³-hybridized carbons (Fsp3) is 0.182. The molecule has 0 atom stereocenters. The molecule has 13 heavy (non-hydrogen) atoms. The van der Waals surface area contributed by atoms with E-state index in [0.29, 0.717) is 0 Å². The molecule has 1 aliphatic rings. The van der Waals surface area contributed by atoms with Crippen molar-refractivity contribution in [1.82, 2.24) is 5.32 Å². The molecule has 1 aliphatic carbocycles. The highest BCUT2D eigenvalue weighted by Crippen LogP contribution is 2.25. The Labute approximate surface area is 77.3 Å². The maximum Gasteiger partial charge on any atom is 0.191 e. The molecule has 0 saturated heterocycles. The molecule has 0 amide bonds. The monoisotopic (exact) mass is 173 g/mol. The van der Waals surface area contributed by atoms with Crippen LogP contribution in [0.1, 0.15) is 15.9 Å². The van der Waals surface area contributed by atoms with E-state index in [-0.39, 0.29) is 5.78 Å². The van der Waals surface area contributed by atoms with Crippen LogP contribution in [0.5, 0.6) is 0 Å². The van der Waals surface area contributed by atoms with Gasteiger partial charge in [-0.15, -0.1) is 0 Å². The minimum Gasteiger partial charge on any atom is -0.394 e. The number of Topliss-reactive ketones (excluding diaryl/α,β-unsaturated/α-hetero) is 1. The maximum absolute atomic E-state index is 11.7. The number of carbonyl (C=O) groups is 1. The number of hydrogen-bond acceptors (Lipinski definition) is 2. The average molecular weight is 173 g/mol. The maximum atomic E-state index is 11.7. The molecule has 1 aromatic carbocycles. The first-order valence-corrected chi connectivity index (χ1v) is 4.32. The summed E-state index contributed by atoms with van der Waals surface area (Å²) in [4.78, 5) is 11.7. The predicted molar refractivity (Wildman–Crippen MR) is 51.6 cm³/mol. The molecule has 0 fully saturated rings. The van der Waals surface area contributed by atoms with E-state index in [1.54, 1.807) is 6.20 Å². The van der Waals surface area contributed by atoms with Crippen molar-refractivity contribution in [2.45, 2.75) is 6.42 Å². The van der Waals surface area contributed by atoms with Gasteiger partial charge in [-0.3, -0.25) is 4.79 Å². The molecule has 1 N–H and O–H groups in total. The fourth-order valence-electron chi connectivity index (χ4n) is 1.65. The van der Waals surface area contributed by atoms with Crippen LogP contribution in [0.2, 0.25) is 0 Å². The van der Waals surface area contributed by atoms with Crippen molar-refractivity contribution in [1.29, 1.82) is 0 Å². The third-order valence-electron chi connectivity index (χ3n) is 2.25. The highest BCUT2D eigenvalue weighted by molar-refractivity contribution is 6.13. The Morgan fingerprint density at radius 3 is 2.85 bits per heavy atom. The van der Waals surface area contributed by atoms with Gasteiger partial charge in [-0.25, -0.2) is 0 Å². The Morgan fingerprint density at radius 1 is 1.38 bits per heavy atom. The van der Waals surface area contributed by atoms with Gasteiger partial charge in [-0.2, -0.15) is 0 Å². The average Bonchev–Trinajstić information content (AvgIpc) is 2.46. The van der Waals surface area contributed by atoms with Gasteiger partial charge in [0, 0.05) is 30.8 Å². The Bertz CT molecular complexity index is 379. The van der Waals surface area contributed by atoms with Gasteiger partial charge in [-0.05, 0) is 5.56 Å². The number of benzene rings is 1. The van der Waals surface area contributed by atoms with E-state index < -0.39 is 0 Å². The number of allylic oxidation sites excluding steroid dienone is 1. The molecule has 0 aliphatic heterocycles. The molecular formula is C11H11NO. The van der Waals surface area contributed by atoms with E-state index in [0.717, 1.165) is 23.1 Å². The molecule has 2 heteroatoms. The zero-order valence-electron chi connectivity index (χ0n) is 7.50. The topological polar surface area (TPSA) is 29.1 Å². The van der Waals surface area contributed by atoms with Crippen LogP contribution >= 0.6 is 0 Å². The van der Waals surface area contributed by atoms with E-state index in [1.807, 2.05) is 31.3 Å². The molecular weight excluding hydrogens is 162 g/mol. The fourth-order valence-corrected chi connectivity index (χ4v) is 1.65. The summed E-state index contributed by atoms with van der Waals surface area (Å²) in [5, 5.41) is 2.89. The molecule has 2 nitrogen and oxygen atoms in total. The third-order valence-corrected chi connectivity index (χ3v) is 2.25. The number of nitrogens with one attached hydrogen (secondary N) is 1. The second-order valence-corrected chi connectivity index (χ2v) is 3.12. The van der Waals surface area contributed by atoms with Gasteiger partial charge < -0.3 is 5.32 Å². The van der Waals surface area contributed by atoms with Crippen LogP contribution in [0.25, 0.3) is 0 Å². The lowest BCUT2D eigenvalue weighted by molar-refractivity contribution is 0.103. The summed E-state index contributed by atoms with van der Waals surface area (Å²) >= 11 is 0. The summed E-state index contributed by atoms with van der Waals surface area (Å²) < 4.78 is 0. The van der Waals surface area contributed by atoms with Crippen molar-refractivity contribution in [2.75, 3.05) is 7.05 Å². The van der Waals surface area contributed by atoms with Gasteiger partial charge in [0.1, 0.15) is 0 Å². The second kappa shape index (κ2) is 3.05. The zero-order valence-corrected chi connectivity index (χ0v) is 7.50. The molecule has 0 bridgehead atoms. The molecule has 0 heterocycles. The van der Waals surface area contributed by atoms with Crippen LogP contribution in [-0.2, 0) is 6.42 Å². The Morgan fingerprint density at radius 2 is 2.15 bits per heavy atom. The van der Waals surface area contributed by atoms with Gasteiger partial charge in [0.25, 0.3) is 0 Å².